The van der Waals surface area contributed by atoms with Crippen molar-refractivity contribution in [1.82, 2.24) is 4.90 Å². The zero-order valence-corrected chi connectivity index (χ0v) is 10.4. The Morgan fingerprint density at radius 2 is 1.88 bits per heavy atom. The molecule has 0 bridgehead atoms. The fourth-order valence-electron chi connectivity index (χ4n) is 2.39. The molecule has 1 heterocycles. The van der Waals surface area contributed by atoms with Crippen molar-refractivity contribution in [3.8, 4) is 0 Å². The molecule has 1 aliphatic heterocycles. The number of hydrogen-bond acceptors (Lipinski definition) is 2. The molecular weight excluding hydrogens is 222 g/mol. The van der Waals surface area contributed by atoms with E-state index in [1.54, 1.807) is 0 Å². The third-order valence-electron chi connectivity index (χ3n) is 3.52. The van der Waals surface area contributed by atoms with E-state index in [9.17, 15) is 0 Å². The summed E-state index contributed by atoms with van der Waals surface area (Å²) in [5, 5.41) is 0. The first-order chi connectivity index (χ1) is 7.80. The zero-order valence-electron chi connectivity index (χ0n) is 9.66. The molecule has 1 fully saturated rings. The van der Waals surface area contributed by atoms with E-state index in [1.807, 2.05) is 13.2 Å². The number of piperidine rings is 1. The van der Waals surface area contributed by atoms with Crippen LogP contribution in [0.2, 0.25) is 0 Å². The molecule has 0 aliphatic carbocycles. The van der Waals surface area contributed by atoms with Gasteiger partial charge in [0, 0.05) is 20.2 Å². The van der Waals surface area contributed by atoms with Crippen molar-refractivity contribution in [2.75, 3.05) is 26.2 Å². The molecule has 1 saturated heterocycles. The van der Waals surface area contributed by atoms with Gasteiger partial charge in [-0.15, -0.1) is 11.6 Å². The maximum Gasteiger partial charge on any atom is 0.0951 e. The molecule has 3 heteroatoms. The van der Waals surface area contributed by atoms with Gasteiger partial charge in [-0.2, -0.15) is 0 Å². The van der Waals surface area contributed by atoms with Crippen molar-refractivity contribution in [2.24, 2.45) is 0 Å². The normalized spacial score (nSPS) is 20.9. The van der Waals surface area contributed by atoms with E-state index in [0.717, 1.165) is 25.9 Å². The molecule has 1 aromatic rings. The Kier molecular flexibility index (Phi) is 3.85. The van der Waals surface area contributed by atoms with Crippen LogP contribution >= 0.6 is 11.6 Å². The zero-order chi connectivity index (χ0) is 11.4. The molecule has 1 aromatic carbocycles. The molecule has 0 unspecified atom stereocenters. The topological polar surface area (TPSA) is 12.5 Å². The number of benzene rings is 1. The first kappa shape index (κ1) is 11.9. The third-order valence-corrected chi connectivity index (χ3v) is 3.86. The van der Waals surface area contributed by atoms with Crippen LogP contribution in [0.1, 0.15) is 18.4 Å². The predicted octanol–water partition coefficient (Wildman–Crippen LogP) is 2.82. The molecule has 0 amide bonds. The smallest absolute Gasteiger partial charge is 0.0951 e. The quantitative estimate of drug-likeness (QED) is 0.594. The standard InChI is InChI=1S/C13H18ClNO/c1-16-13(12-5-3-2-4-6-12)7-9-15(11-14)10-8-13/h2-6H,7-11H2,1H3. The summed E-state index contributed by atoms with van der Waals surface area (Å²) in [6, 6.07) is 11.1. The van der Waals surface area contributed by atoms with Gasteiger partial charge >= 0.3 is 0 Å². The molecule has 2 nitrogen and oxygen atoms in total. The van der Waals surface area contributed by atoms with Gasteiger partial charge in [0.2, 0.25) is 0 Å². The average molecular weight is 240 g/mol. The Bertz CT molecular complexity index is 320. The van der Waals surface area contributed by atoms with Crippen LogP contribution in [-0.2, 0) is 10.3 Å². The van der Waals surface area contributed by atoms with E-state index < -0.39 is 0 Å². The summed E-state index contributed by atoms with van der Waals surface area (Å²) in [4.78, 5) is 2.25. The molecular formula is C13H18ClNO. The summed E-state index contributed by atoms with van der Waals surface area (Å²) in [7, 11) is 1.81. The van der Waals surface area contributed by atoms with Gasteiger partial charge in [-0.25, -0.2) is 0 Å². The SMILES string of the molecule is COC1(c2ccccc2)CCN(CCl)CC1. The van der Waals surface area contributed by atoms with Gasteiger partial charge in [0.25, 0.3) is 0 Å². The van der Waals surface area contributed by atoms with E-state index in [2.05, 4.69) is 29.2 Å². The van der Waals surface area contributed by atoms with Crippen molar-refractivity contribution < 1.29 is 4.74 Å². The molecule has 1 aliphatic rings. The lowest BCUT2D eigenvalue weighted by molar-refractivity contribution is -0.0596. The van der Waals surface area contributed by atoms with Gasteiger partial charge in [0.05, 0.1) is 11.6 Å². The first-order valence-electron chi connectivity index (χ1n) is 5.70. The average Bonchev–Trinajstić information content (AvgIpc) is 2.40. The number of alkyl halides is 1. The van der Waals surface area contributed by atoms with Gasteiger partial charge in [-0.1, -0.05) is 30.3 Å². The highest BCUT2D eigenvalue weighted by molar-refractivity contribution is 6.17. The highest BCUT2D eigenvalue weighted by atomic mass is 35.5. The Morgan fingerprint density at radius 3 is 2.38 bits per heavy atom. The van der Waals surface area contributed by atoms with Gasteiger partial charge < -0.3 is 4.74 Å². The summed E-state index contributed by atoms with van der Waals surface area (Å²) >= 11 is 5.85. The minimum Gasteiger partial charge on any atom is -0.373 e. The van der Waals surface area contributed by atoms with E-state index >= 15 is 0 Å². The monoisotopic (exact) mass is 239 g/mol. The predicted molar refractivity (Wildman–Crippen MR) is 66.7 cm³/mol. The summed E-state index contributed by atoms with van der Waals surface area (Å²) < 4.78 is 5.79. The van der Waals surface area contributed by atoms with Gasteiger partial charge in [0.1, 0.15) is 0 Å². The number of rotatable bonds is 3. The molecule has 0 aromatic heterocycles. The lowest BCUT2D eigenvalue weighted by atomic mass is 9.84. The highest BCUT2D eigenvalue weighted by Gasteiger charge is 2.35. The molecule has 0 radical (unpaired) electrons. The van der Waals surface area contributed by atoms with Crippen LogP contribution in [-0.4, -0.2) is 31.1 Å². The molecule has 0 spiro atoms. The molecule has 0 atom stereocenters. The minimum atomic E-state index is -0.107. The van der Waals surface area contributed by atoms with Crippen molar-refractivity contribution in [1.29, 1.82) is 0 Å². The fraction of sp³-hybridized carbons (Fsp3) is 0.538. The summed E-state index contributed by atoms with van der Waals surface area (Å²) in [6.07, 6.45) is 2.03. The summed E-state index contributed by atoms with van der Waals surface area (Å²) in [5.41, 5.74) is 1.18. The first-order valence-corrected chi connectivity index (χ1v) is 6.23. The van der Waals surface area contributed by atoms with E-state index in [4.69, 9.17) is 16.3 Å². The highest BCUT2D eigenvalue weighted by Crippen LogP contribution is 2.35. The lowest BCUT2D eigenvalue weighted by Gasteiger charge is -2.40. The Balaban J connectivity index is 2.16. The summed E-state index contributed by atoms with van der Waals surface area (Å²) in [5.74, 6) is 0. The number of likely N-dealkylation sites (tertiary alicyclic amines) is 1. The number of methoxy groups -OCH3 is 1. The van der Waals surface area contributed by atoms with Crippen LogP contribution in [0.15, 0.2) is 30.3 Å². The number of hydrogen-bond donors (Lipinski definition) is 0. The van der Waals surface area contributed by atoms with Gasteiger partial charge in [0.15, 0.2) is 0 Å². The largest absolute Gasteiger partial charge is 0.373 e. The van der Waals surface area contributed by atoms with E-state index in [0.29, 0.717) is 6.00 Å². The van der Waals surface area contributed by atoms with Crippen LogP contribution in [0.4, 0.5) is 0 Å². The van der Waals surface area contributed by atoms with Crippen molar-refractivity contribution in [3.63, 3.8) is 0 Å². The molecule has 16 heavy (non-hydrogen) atoms. The molecule has 88 valence electrons. The second-order valence-corrected chi connectivity index (χ2v) is 4.54. The molecule has 0 N–H and O–H groups in total. The second-order valence-electron chi connectivity index (χ2n) is 4.30. The van der Waals surface area contributed by atoms with Crippen molar-refractivity contribution in [2.45, 2.75) is 18.4 Å². The van der Waals surface area contributed by atoms with E-state index in [1.165, 1.54) is 5.56 Å². The Labute approximate surface area is 102 Å². The maximum absolute atomic E-state index is 5.85. The van der Waals surface area contributed by atoms with Crippen LogP contribution in [0.5, 0.6) is 0 Å². The van der Waals surface area contributed by atoms with E-state index in [-0.39, 0.29) is 5.60 Å². The Morgan fingerprint density at radius 1 is 1.25 bits per heavy atom. The summed E-state index contributed by atoms with van der Waals surface area (Å²) in [6.45, 7) is 2.01. The van der Waals surface area contributed by atoms with Gasteiger partial charge in [-0.05, 0) is 18.4 Å². The second kappa shape index (κ2) is 5.17. The number of ether oxygens (including phenoxy) is 1. The van der Waals surface area contributed by atoms with Crippen LogP contribution in [0.3, 0.4) is 0 Å². The minimum absolute atomic E-state index is 0.107. The number of nitrogens with zero attached hydrogens (tertiary/aromatic N) is 1. The van der Waals surface area contributed by atoms with Crippen LogP contribution in [0, 0.1) is 0 Å². The lowest BCUT2D eigenvalue weighted by Crippen LogP contribution is -2.43. The van der Waals surface area contributed by atoms with Crippen molar-refractivity contribution in [3.05, 3.63) is 35.9 Å². The van der Waals surface area contributed by atoms with Crippen molar-refractivity contribution >= 4 is 11.6 Å². The molecule has 2 rings (SSSR count). The third kappa shape index (κ3) is 2.24. The Hall–Kier alpha value is -0.570. The van der Waals surface area contributed by atoms with Crippen LogP contribution < -0.4 is 0 Å². The number of halogens is 1. The fourth-order valence-corrected chi connectivity index (χ4v) is 2.63. The van der Waals surface area contributed by atoms with Crippen LogP contribution in [0.25, 0.3) is 0 Å². The van der Waals surface area contributed by atoms with Gasteiger partial charge in [-0.3, -0.25) is 4.90 Å². The molecule has 0 saturated carbocycles. The maximum atomic E-state index is 5.85.